The van der Waals surface area contributed by atoms with E-state index < -0.39 is 5.82 Å². The fourth-order valence-corrected chi connectivity index (χ4v) is 1.54. The van der Waals surface area contributed by atoms with Crippen molar-refractivity contribution in [2.24, 2.45) is 0 Å². The molecule has 0 aliphatic carbocycles. The van der Waals surface area contributed by atoms with Gasteiger partial charge in [-0.2, -0.15) is 5.26 Å². The summed E-state index contributed by atoms with van der Waals surface area (Å²) in [6, 6.07) is 9.22. The predicted molar refractivity (Wildman–Crippen MR) is 63.1 cm³/mol. The van der Waals surface area contributed by atoms with Gasteiger partial charge in [0.05, 0.1) is 4.47 Å². The molecule has 0 atom stereocenters. The second-order valence-corrected chi connectivity index (χ2v) is 4.00. The Bertz CT molecular complexity index is 595. The molecule has 5 heteroatoms. The number of halogens is 2. The summed E-state index contributed by atoms with van der Waals surface area (Å²) in [7, 11) is 0. The molecule has 0 aliphatic rings. The number of nitriles is 1. The molecule has 0 amide bonds. The Morgan fingerprint density at radius 2 is 2.18 bits per heavy atom. The van der Waals surface area contributed by atoms with E-state index in [1.54, 1.807) is 12.1 Å². The van der Waals surface area contributed by atoms with E-state index in [4.69, 9.17) is 10.00 Å². The number of pyridine rings is 1. The number of rotatable bonds is 2. The highest BCUT2D eigenvalue weighted by Gasteiger charge is 2.08. The van der Waals surface area contributed by atoms with Gasteiger partial charge in [-0.25, -0.2) is 9.37 Å². The lowest BCUT2D eigenvalue weighted by Gasteiger charge is -2.07. The summed E-state index contributed by atoms with van der Waals surface area (Å²) in [5, 5.41) is 8.86. The van der Waals surface area contributed by atoms with Crippen LogP contribution in [0, 0.1) is 17.1 Å². The predicted octanol–water partition coefficient (Wildman–Crippen LogP) is 3.65. The molecular formula is C12H6BrFN2O. The summed E-state index contributed by atoms with van der Waals surface area (Å²) < 4.78 is 19.0. The van der Waals surface area contributed by atoms with Crippen molar-refractivity contribution in [3.8, 4) is 17.7 Å². The molecule has 0 unspecified atom stereocenters. The summed E-state index contributed by atoms with van der Waals surface area (Å²) in [6.45, 7) is 0. The van der Waals surface area contributed by atoms with Crippen molar-refractivity contribution in [1.82, 2.24) is 4.98 Å². The average Bonchev–Trinajstić information content (AvgIpc) is 2.34. The lowest BCUT2D eigenvalue weighted by molar-refractivity contribution is 0.453. The van der Waals surface area contributed by atoms with E-state index in [1.165, 1.54) is 24.4 Å². The van der Waals surface area contributed by atoms with E-state index in [0.29, 0.717) is 10.0 Å². The monoisotopic (exact) mass is 292 g/mol. The molecule has 0 N–H and O–H groups in total. The third kappa shape index (κ3) is 2.60. The second-order valence-electron chi connectivity index (χ2n) is 3.14. The van der Waals surface area contributed by atoms with Crippen molar-refractivity contribution < 1.29 is 9.13 Å². The van der Waals surface area contributed by atoms with E-state index in [-0.39, 0.29) is 11.6 Å². The van der Waals surface area contributed by atoms with Gasteiger partial charge in [0.25, 0.3) is 0 Å². The van der Waals surface area contributed by atoms with Gasteiger partial charge in [0, 0.05) is 12.3 Å². The van der Waals surface area contributed by atoms with Gasteiger partial charge >= 0.3 is 0 Å². The quantitative estimate of drug-likeness (QED) is 0.849. The molecule has 1 aromatic heterocycles. The Morgan fingerprint density at radius 3 is 2.94 bits per heavy atom. The zero-order valence-electron chi connectivity index (χ0n) is 8.52. The molecule has 1 aromatic carbocycles. The number of aromatic nitrogens is 1. The highest BCUT2D eigenvalue weighted by atomic mass is 79.9. The smallest absolute Gasteiger partial charge is 0.237 e. The van der Waals surface area contributed by atoms with Gasteiger partial charge < -0.3 is 4.74 Å². The topological polar surface area (TPSA) is 45.9 Å². The maximum atomic E-state index is 13.0. The molecule has 3 nitrogen and oxygen atoms in total. The van der Waals surface area contributed by atoms with Crippen LogP contribution < -0.4 is 4.74 Å². The first-order valence-corrected chi connectivity index (χ1v) is 5.48. The van der Waals surface area contributed by atoms with Gasteiger partial charge in [-0.3, -0.25) is 0 Å². The van der Waals surface area contributed by atoms with Crippen molar-refractivity contribution in [3.63, 3.8) is 0 Å². The summed E-state index contributed by atoms with van der Waals surface area (Å²) in [5.74, 6) is 0.0131. The summed E-state index contributed by atoms with van der Waals surface area (Å²) in [5.41, 5.74) is 0.295. The summed E-state index contributed by atoms with van der Waals surface area (Å²) in [6.07, 6.45) is 1.50. The minimum Gasteiger partial charge on any atom is -0.436 e. The SMILES string of the molecule is N#Cc1cccnc1Oc1cc(F)ccc1Br. The molecule has 0 fully saturated rings. The van der Waals surface area contributed by atoms with Crippen molar-refractivity contribution in [2.75, 3.05) is 0 Å². The lowest BCUT2D eigenvalue weighted by Crippen LogP contribution is -1.92. The average molecular weight is 293 g/mol. The van der Waals surface area contributed by atoms with E-state index in [2.05, 4.69) is 20.9 Å². The Morgan fingerprint density at radius 1 is 1.35 bits per heavy atom. The molecule has 2 rings (SSSR count). The normalized spacial score (nSPS) is 9.71. The maximum Gasteiger partial charge on any atom is 0.237 e. The van der Waals surface area contributed by atoms with Crippen LogP contribution in [0.5, 0.6) is 11.6 Å². The molecular weight excluding hydrogens is 287 g/mol. The molecule has 0 radical (unpaired) electrons. The minimum atomic E-state index is -0.419. The fraction of sp³-hybridized carbons (Fsp3) is 0. The molecule has 0 spiro atoms. The van der Waals surface area contributed by atoms with Gasteiger partial charge in [0.2, 0.25) is 5.88 Å². The third-order valence-electron chi connectivity index (χ3n) is 1.99. The highest BCUT2D eigenvalue weighted by molar-refractivity contribution is 9.10. The summed E-state index contributed by atoms with van der Waals surface area (Å²) >= 11 is 3.23. The molecule has 0 saturated carbocycles. The number of nitrogens with zero attached hydrogens (tertiary/aromatic N) is 2. The molecule has 0 saturated heterocycles. The van der Waals surface area contributed by atoms with Crippen LogP contribution in [0.2, 0.25) is 0 Å². The first kappa shape index (κ1) is 11.6. The Balaban J connectivity index is 2.38. The van der Waals surface area contributed by atoms with Crippen LogP contribution in [0.15, 0.2) is 41.0 Å². The van der Waals surface area contributed by atoms with Crippen molar-refractivity contribution in [3.05, 3.63) is 52.4 Å². The molecule has 2 aromatic rings. The van der Waals surface area contributed by atoms with Crippen LogP contribution in [0.3, 0.4) is 0 Å². The van der Waals surface area contributed by atoms with Gasteiger partial charge in [-0.05, 0) is 40.2 Å². The highest BCUT2D eigenvalue weighted by Crippen LogP contribution is 2.30. The largest absolute Gasteiger partial charge is 0.436 e. The van der Waals surface area contributed by atoms with E-state index in [0.717, 1.165) is 0 Å². The first-order valence-electron chi connectivity index (χ1n) is 4.69. The molecule has 0 aliphatic heterocycles. The number of ether oxygens (including phenoxy) is 1. The molecule has 1 heterocycles. The van der Waals surface area contributed by atoms with E-state index in [1.807, 2.05) is 6.07 Å². The van der Waals surface area contributed by atoms with Gasteiger partial charge in [-0.15, -0.1) is 0 Å². The Kier molecular flexibility index (Phi) is 3.35. The number of hydrogen-bond acceptors (Lipinski definition) is 3. The van der Waals surface area contributed by atoms with Gasteiger partial charge in [0.15, 0.2) is 0 Å². The van der Waals surface area contributed by atoms with Crippen molar-refractivity contribution in [1.29, 1.82) is 5.26 Å². The van der Waals surface area contributed by atoms with Crippen molar-refractivity contribution in [2.45, 2.75) is 0 Å². The van der Waals surface area contributed by atoms with Crippen LogP contribution in [0.1, 0.15) is 5.56 Å². The number of benzene rings is 1. The Hall–Kier alpha value is -1.93. The fourth-order valence-electron chi connectivity index (χ4n) is 1.22. The van der Waals surface area contributed by atoms with Crippen LogP contribution in [0.4, 0.5) is 4.39 Å². The van der Waals surface area contributed by atoms with Gasteiger partial charge in [-0.1, -0.05) is 0 Å². The zero-order valence-corrected chi connectivity index (χ0v) is 10.1. The van der Waals surface area contributed by atoms with Crippen LogP contribution >= 0.6 is 15.9 Å². The standard InChI is InChI=1S/C12H6BrFN2O/c13-10-4-3-9(14)6-11(10)17-12-8(7-15)2-1-5-16-12/h1-6H. The molecule has 0 bridgehead atoms. The lowest BCUT2D eigenvalue weighted by atomic mass is 10.3. The van der Waals surface area contributed by atoms with Gasteiger partial charge in [0.1, 0.15) is 23.2 Å². The third-order valence-corrected chi connectivity index (χ3v) is 2.65. The molecule has 84 valence electrons. The maximum absolute atomic E-state index is 13.0. The number of hydrogen-bond donors (Lipinski definition) is 0. The van der Waals surface area contributed by atoms with Crippen LogP contribution in [-0.2, 0) is 0 Å². The first-order chi connectivity index (χ1) is 8.20. The van der Waals surface area contributed by atoms with E-state index >= 15 is 0 Å². The molecule has 17 heavy (non-hydrogen) atoms. The van der Waals surface area contributed by atoms with Crippen LogP contribution in [0.25, 0.3) is 0 Å². The minimum absolute atomic E-state index is 0.154. The summed E-state index contributed by atoms with van der Waals surface area (Å²) in [4.78, 5) is 3.93. The second kappa shape index (κ2) is 4.93. The van der Waals surface area contributed by atoms with E-state index in [9.17, 15) is 4.39 Å². The Labute approximate surface area is 106 Å². The van der Waals surface area contributed by atoms with Crippen molar-refractivity contribution >= 4 is 15.9 Å². The zero-order chi connectivity index (χ0) is 12.3. The van der Waals surface area contributed by atoms with Crippen LogP contribution in [-0.4, -0.2) is 4.98 Å².